The van der Waals surface area contributed by atoms with Gasteiger partial charge < -0.3 is 15.0 Å². The largest absolute Gasteiger partial charge is 0.368 e. The number of amides is 2. The number of hydrogen-bond acceptors (Lipinski definition) is 6. The van der Waals surface area contributed by atoms with E-state index in [9.17, 15) is 14.4 Å². The number of rotatable bonds is 7. The zero-order chi connectivity index (χ0) is 20.2. The zero-order valence-electron chi connectivity index (χ0n) is 15.8. The summed E-state index contributed by atoms with van der Waals surface area (Å²) in [4.78, 5) is 39.6. The van der Waals surface area contributed by atoms with Crippen molar-refractivity contribution in [3.05, 3.63) is 58.3 Å². The normalized spacial score (nSPS) is 21.8. The van der Waals surface area contributed by atoms with Crippen molar-refractivity contribution in [3.63, 3.8) is 0 Å². The molecule has 152 valence electrons. The second-order valence-electron chi connectivity index (χ2n) is 7.12. The van der Waals surface area contributed by atoms with Crippen LogP contribution in [0.2, 0.25) is 0 Å². The minimum absolute atomic E-state index is 0.0549. The van der Waals surface area contributed by atoms with Crippen LogP contribution in [0.3, 0.4) is 0 Å². The quantitative estimate of drug-likeness (QED) is 0.730. The van der Waals surface area contributed by atoms with Gasteiger partial charge in [-0.2, -0.15) is 23.1 Å². The molecule has 8 heteroatoms. The van der Waals surface area contributed by atoms with E-state index in [1.54, 1.807) is 28.1 Å². The molecule has 6 nitrogen and oxygen atoms in total. The SMILES string of the molecule is O=C(NC(CSCc1ccccc1)C(=O)N1CCC2OCC(=O)C21)c1ccsc1. The minimum Gasteiger partial charge on any atom is -0.368 e. The number of carbonyl (C=O) groups excluding carboxylic acids is 3. The van der Waals surface area contributed by atoms with Crippen molar-refractivity contribution in [2.75, 3.05) is 18.9 Å². The molecule has 0 saturated carbocycles. The van der Waals surface area contributed by atoms with Crippen LogP contribution >= 0.6 is 23.1 Å². The van der Waals surface area contributed by atoms with Crippen LogP contribution in [0.5, 0.6) is 0 Å². The molecule has 1 aromatic heterocycles. The topological polar surface area (TPSA) is 75.7 Å². The van der Waals surface area contributed by atoms with Gasteiger partial charge in [0.2, 0.25) is 5.91 Å². The lowest BCUT2D eigenvalue weighted by molar-refractivity contribution is -0.137. The summed E-state index contributed by atoms with van der Waals surface area (Å²) in [6, 6.07) is 10.5. The molecule has 2 aromatic rings. The highest BCUT2D eigenvalue weighted by molar-refractivity contribution is 7.98. The summed E-state index contributed by atoms with van der Waals surface area (Å²) < 4.78 is 5.49. The van der Waals surface area contributed by atoms with E-state index in [0.717, 1.165) is 11.3 Å². The second kappa shape index (κ2) is 9.11. The first-order valence-corrected chi connectivity index (χ1v) is 11.6. The number of thioether (sulfide) groups is 1. The van der Waals surface area contributed by atoms with Crippen LogP contribution in [-0.4, -0.2) is 59.6 Å². The molecule has 2 saturated heterocycles. The van der Waals surface area contributed by atoms with Gasteiger partial charge in [-0.3, -0.25) is 14.4 Å². The van der Waals surface area contributed by atoms with E-state index in [1.165, 1.54) is 11.3 Å². The highest BCUT2D eigenvalue weighted by Gasteiger charge is 2.48. The first-order chi connectivity index (χ1) is 14.1. The van der Waals surface area contributed by atoms with Gasteiger partial charge in [-0.15, -0.1) is 0 Å². The maximum Gasteiger partial charge on any atom is 0.252 e. The average molecular weight is 431 g/mol. The van der Waals surface area contributed by atoms with Gasteiger partial charge >= 0.3 is 0 Å². The monoisotopic (exact) mass is 430 g/mol. The number of ether oxygens (including phenoxy) is 1. The Bertz CT molecular complexity index is 872. The van der Waals surface area contributed by atoms with Crippen molar-refractivity contribution in [3.8, 4) is 0 Å². The lowest BCUT2D eigenvalue weighted by Crippen LogP contribution is -2.53. The molecule has 0 radical (unpaired) electrons. The molecular weight excluding hydrogens is 408 g/mol. The number of nitrogens with zero attached hydrogens (tertiary/aromatic N) is 1. The number of nitrogens with one attached hydrogen (secondary N) is 1. The van der Waals surface area contributed by atoms with Gasteiger partial charge in [-0.25, -0.2) is 0 Å². The fourth-order valence-electron chi connectivity index (χ4n) is 3.72. The van der Waals surface area contributed by atoms with E-state index in [2.05, 4.69) is 5.32 Å². The number of Topliss-reactive ketones (excluding diaryl/α,β-unsaturated/α-hetero) is 1. The predicted octanol–water partition coefficient (Wildman–Crippen LogP) is 2.35. The van der Waals surface area contributed by atoms with E-state index < -0.39 is 12.1 Å². The standard InChI is InChI=1S/C21H22N2O4S2/c24-17-10-27-18-6-8-23(19(17)18)21(26)16(22-20(25)15-7-9-28-12-15)13-29-11-14-4-2-1-3-5-14/h1-5,7,9,12,16,18-19H,6,8,10-11,13H2,(H,22,25). The molecule has 2 aliphatic heterocycles. The number of likely N-dealkylation sites (tertiary alicyclic amines) is 1. The van der Waals surface area contributed by atoms with Crippen LogP contribution in [0, 0.1) is 0 Å². The van der Waals surface area contributed by atoms with Gasteiger partial charge in [-0.05, 0) is 23.4 Å². The first kappa shape index (κ1) is 20.1. The molecule has 2 fully saturated rings. The van der Waals surface area contributed by atoms with Crippen molar-refractivity contribution in [2.45, 2.75) is 30.4 Å². The smallest absolute Gasteiger partial charge is 0.252 e. The van der Waals surface area contributed by atoms with E-state index >= 15 is 0 Å². The summed E-state index contributed by atoms with van der Waals surface area (Å²) in [6.07, 6.45) is 0.446. The van der Waals surface area contributed by atoms with Crippen LogP contribution in [-0.2, 0) is 20.1 Å². The van der Waals surface area contributed by atoms with E-state index in [-0.39, 0.29) is 30.3 Å². The van der Waals surface area contributed by atoms with Gasteiger partial charge in [0.05, 0.1) is 11.7 Å². The number of hydrogen-bond donors (Lipinski definition) is 1. The summed E-state index contributed by atoms with van der Waals surface area (Å²) in [7, 11) is 0. The fraction of sp³-hybridized carbons (Fsp3) is 0.381. The summed E-state index contributed by atoms with van der Waals surface area (Å²) in [6.45, 7) is 0.544. The molecule has 3 atom stereocenters. The summed E-state index contributed by atoms with van der Waals surface area (Å²) in [5.41, 5.74) is 1.70. The maximum atomic E-state index is 13.3. The molecule has 29 heavy (non-hydrogen) atoms. The number of ketones is 1. The Balaban J connectivity index is 1.45. The summed E-state index contributed by atoms with van der Waals surface area (Å²) in [5.74, 6) is 0.649. The third-order valence-electron chi connectivity index (χ3n) is 5.18. The van der Waals surface area contributed by atoms with Crippen molar-refractivity contribution < 1.29 is 19.1 Å². The first-order valence-electron chi connectivity index (χ1n) is 9.53. The molecule has 4 rings (SSSR count). The van der Waals surface area contributed by atoms with Gasteiger partial charge in [0.15, 0.2) is 5.78 Å². The number of thiophene rings is 1. The third-order valence-corrected chi connectivity index (χ3v) is 6.97. The summed E-state index contributed by atoms with van der Waals surface area (Å²) in [5, 5.41) is 6.47. The Labute approximate surface area is 177 Å². The lowest BCUT2D eigenvalue weighted by atomic mass is 10.1. The van der Waals surface area contributed by atoms with Crippen LogP contribution in [0.15, 0.2) is 47.2 Å². The highest BCUT2D eigenvalue weighted by Crippen LogP contribution is 2.28. The number of fused-ring (bicyclic) bond motifs is 1. The number of benzene rings is 1. The predicted molar refractivity (Wildman–Crippen MR) is 113 cm³/mol. The van der Waals surface area contributed by atoms with Crippen molar-refractivity contribution in [2.24, 2.45) is 0 Å². The second-order valence-corrected chi connectivity index (χ2v) is 8.93. The lowest BCUT2D eigenvalue weighted by Gasteiger charge is -2.27. The molecule has 1 N–H and O–H groups in total. The van der Waals surface area contributed by atoms with Crippen molar-refractivity contribution in [1.82, 2.24) is 10.2 Å². The van der Waals surface area contributed by atoms with Crippen LogP contribution in [0.1, 0.15) is 22.3 Å². The molecule has 2 aliphatic rings. The molecule has 3 unspecified atom stereocenters. The molecule has 0 spiro atoms. The van der Waals surface area contributed by atoms with Crippen LogP contribution in [0.4, 0.5) is 0 Å². The summed E-state index contributed by atoms with van der Waals surface area (Å²) >= 11 is 3.03. The highest BCUT2D eigenvalue weighted by atomic mass is 32.2. The molecule has 0 aliphatic carbocycles. The Kier molecular flexibility index (Phi) is 6.32. The van der Waals surface area contributed by atoms with Crippen LogP contribution < -0.4 is 5.32 Å². The number of carbonyl (C=O) groups is 3. The van der Waals surface area contributed by atoms with E-state index in [1.807, 2.05) is 35.7 Å². The van der Waals surface area contributed by atoms with Crippen molar-refractivity contribution in [1.29, 1.82) is 0 Å². The molecule has 0 bridgehead atoms. The zero-order valence-corrected chi connectivity index (χ0v) is 17.4. The third kappa shape index (κ3) is 4.55. The van der Waals surface area contributed by atoms with E-state index in [0.29, 0.717) is 24.3 Å². The fourth-order valence-corrected chi connectivity index (χ4v) is 5.36. The Hall–Kier alpha value is -2.16. The Morgan fingerprint density at radius 2 is 2.10 bits per heavy atom. The van der Waals surface area contributed by atoms with Gasteiger partial charge in [0.1, 0.15) is 18.7 Å². The molecular formula is C21H22N2O4S2. The maximum absolute atomic E-state index is 13.3. The van der Waals surface area contributed by atoms with Gasteiger partial charge in [0.25, 0.3) is 5.91 Å². The Morgan fingerprint density at radius 1 is 1.28 bits per heavy atom. The van der Waals surface area contributed by atoms with Crippen LogP contribution in [0.25, 0.3) is 0 Å². The minimum atomic E-state index is -0.691. The van der Waals surface area contributed by atoms with Gasteiger partial charge in [0, 0.05) is 23.4 Å². The molecule has 2 amide bonds. The molecule has 1 aromatic carbocycles. The molecule has 3 heterocycles. The average Bonchev–Trinajstić information content (AvgIpc) is 3.47. The Morgan fingerprint density at radius 3 is 2.86 bits per heavy atom. The van der Waals surface area contributed by atoms with E-state index in [4.69, 9.17) is 4.74 Å². The van der Waals surface area contributed by atoms with Gasteiger partial charge in [-0.1, -0.05) is 30.3 Å². The van der Waals surface area contributed by atoms with Crippen molar-refractivity contribution >= 4 is 40.7 Å².